The minimum atomic E-state index is -3.22. The maximum atomic E-state index is 10.5. The summed E-state index contributed by atoms with van der Waals surface area (Å²) < 4.78 is 49.5. The first-order valence-electron chi connectivity index (χ1n) is 4.08. The van der Waals surface area contributed by atoms with Gasteiger partial charge in [-0.05, 0) is 6.92 Å². The van der Waals surface area contributed by atoms with E-state index in [0.717, 1.165) is 0 Å². The van der Waals surface area contributed by atoms with Crippen molar-refractivity contribution in [3.8, 4) is 0 Å². The van der Waals surface area contributed by atoms with E-state index in [1.165, 1.54) is 6.92 Å². The van der Waals surface area contributed by atoms with Gasteiger partial charge in [-0.2, -0.15) is 0 Å². The summed E-state index contributed by atoms with van der Waals surface area (Å²) in [4.78, 5) is 10.5. The second-order valence-electron chi connectivity index (χ2n) is 3.14. The highest BCUT2D eigenvalue weighted by Crippen LogP contribution is 2.28. The number of carbonyl (C=O) groups is 1. The molecule has 0 amide bonds. The number of carboxylic acids is 1. The molecule has 0 heterocycles. The minimum Gasteiger partial charge on any atom is -0.481 e. The van der Waals surface area contributed by atoms with E-state index in [1.807, 2.05) is 0 Å². The predicted molar refractivity (Wildman–Crippen MR) is 48.9 cm³/mol. The molecule has 1 N–H and O–H groups in total. The van der Waals surface area contributed by atoms with Crippen molar-refractivity contribution in [3.63, 3.8) is 0 Å². The molecule has 1 atom stereocenters. The Hall–Kier alpha value is -0.810. The molecule has 0 unspecified atom stereocenters. The number of aliphatic carboxylic acids is 1. The lowest BCUT2D eigenvalue weighted by atomic mass is 9.99. The molecular weight excluding hydrogens is 262 g/mol. The van der Waals surface area contributed by atoms with Crippen LogP contribution in [0.2, 0.25) is 0 Å². The fraction of sp³-hybridized carbons (Fsp3) is 0.833. The van der Waals surface area contributed by atoms with Gasteiger partial charge in [0.2, 0.25) is 0 Å². The minimum absolute atomic E-state index is 0.175. The lowest BCUT2D eigenvalue weighted by Gasteiger charge is -2.23. The quantitative estimate of drug-likeness (QED) is 0.663. The van der Waals surface area contributed by atoms with Crippen molar-refractivity contribution >= 4 is 21.8 Å². The fourth-order valence-corrected chi connectivity index (χ4v) is 1.76. The zero-order valence-electron chi connectivity index (χ0n) is 8.32. The van der Waals surface area contributed by atoms with Crippen LogP contribution in [0.1, 0.15) is 19.8 Å². The monoisotopic (exact) mass is 272 g/mol. The normalized spacial score (nSPS) is 14.1. The van der Waals surface area contributed by atoms with Gasteiger partial charge >= 0.3 is 21.8 Å². The highest BCUT2D eigenvalue weighted by molar-refractivity contribution is 7.24. The second kappa shape index (κ2) is 6.70. The Labute approximate surface area is 91.7 Å². The zero-order valence-corrected chi connectivity index (χ0v) is 10.1. The molecule has 92 valence electrons. The third kappa shape index (κ3) is 7.48. The summed E-state index contributed by atoms with van der Waals surface area (Å²) in [7, 11) is -6.27. The molecule has 0 aromatic heterocycles. The summed E-state index contributed by atoms with van der Waals surface area (Å²) in [5.41, 5.74) is -1.51. The molecular formula is C6H10O8P2. The Morgan fingerprint density at radius 1 is 1.25 bits per heavy atom. The summed E-state index contributed by atoms with van der Waals surface area (Å²) >= 11 is 0. The van der Waals surface area contributed by atoms with Crippen molar-refractivity contribution in [2.24, 2.45) is 0 Å². The molecule has 0 fully saturated rings. The second-order valence-corrected chi connectivity index (χ2v) is 4.48. The molecule has 10 heteroatoms. The lowest BCUT2D eigenvalue weighted by Crippen LogP contribution is -2.30. The van der Waals surface area contributed by atoms with Crippen LogP contribution in [0.15, 0.2) is 0 Å². The number of carboxylic acid groups (broad SMARTS) is 1. The summed E-state index contributed by atoms with van der Waals surface area (Å²) in [5, 5.41) is 8.53. The van der Waals surface area contributed by atoms with Crippen LogP contribution in [0.25, 0.3) is 0 Å². The van der Waals surface area contributed by atoms with Gasteiger partial charge < -0.3 is 5.11 Å². The first kappa shape index (κ1) is 15.2. The van der Waals surface area contributed by atoms with Gasteiger partial charge in [-0.15, -0.1) is 0 Å². The molecule has 0 aromatic carbocycles. The van der Waals surface area contributed by atoms with E-state index in [9.17, 15) is 23.1 Å². The van der Waals surface area contributed by atoms with Crippen LogP contribution >= 0.6 is 15.8 Å². The topological polar surface area (TPSA) is 124 Å². The van der Waals surface area contributed by atoms with Gasteiger partial charge in [0.05, 0.1) is 18.6 Å². The van der Waals surface area contributed by atoms with Gasteiger partial charge in [0, 0.05) is 6.42 Å². The summed E-state index contributed by atoms with van der Waals surface area (Å²) in [6, 6.07) is 0. The van der Waals surface area contributed by atoms with E-state index in [2.05, 4.69) is 9.05 Å². The molecule has 0 aliphatic heterocycles. The maximum absolute atomic E-state index is 10.5. The predicted octanol–water partition coefficient (Wildman–Crippen LogP) is 1.82. The zero-order chi connectivity index (χ0) is 12.8. The van der Waals surface area contributed by atoms with Crippen LogP contribution in [0.5, 0.6) is 0 Å². The standard InChI is InChI=1S/C6H10O8P2/c1-6(4-5(7)8,14-16(11)12)2-3-13-15(9)10/h2-4H2,1H3,(H,7,8)/t6-/m1/s1. The molecule has 16 heavy (non-hydrogen) atoms. The van der Waals surface area contributed by atoms with E-state index in [4.69, 9.17) is 5.11 Å². The fourth-order valence-electron chi connectivity index (χ4n) is 1.00. The van der Waals surface area contributed by atoms with Crippen LogP contribution in [0, 0.1) is 0 Å². The highest BCUT2D eigenvalue weighted by atomic mass is 31.1. The Morgan fingerprint density at radius 3 is 2.19 bits per heavy atom. The molecule has 0 spiro atoms. The van der Waals surface area contributed by atoms with Crippen molar-refractivity contribution in [2.45, 2.75) is 25.4 Å². The third-order valence-corrected chi connectivity index (χ3v) is 2.63. The van der Waals surface area contributed by atoms with Crippen LogP contribution in [-0.2, 0) is 32.1 Å². The maximum Gasteiger partial charge on any atom is 0.468 e. The number of rotatable bonds is 8. The van der Waals surface area contributed by atoms with Gasteiger partial charge in [-0.25, -0.2) is 18.3 Å². The Kier molecular flexibility index (Phi) is 6.36. The molecule has 0 aromatic rings. The van der Waals surface area contributed by atoms with Crippen LogP contribution in [0.4, 0.5) is 0 Å². The summed E-state index contributed by atoms with van der Waals surface area (Å²) in [6.45, 7) is 0.902. The Balaban J connectivity index is 4.45. The molecule has 0 aliphatic rings. The van der Waals surface area contributed by atoms with Crippen molar-refractivity contribution < 1.29 is 37.2 Å². The SMILES string of the molecule is C[C@@](CCOP(=O)=O)(CC(=O)O)OP(=O)=O. The van der Waals surface area contributed by atoms with E-state index < -0.39 is 33.8 Å². The van der Waals surface area contributed by atoms with E-state index in [0.29, 0.717) is 0 Å². The average Bonchev–Trinajstić information content (AvgIpc) is 1.98. The van der Waals surface area contributed by atoms with Crippen LogP contribution in [0.3, 0.4) is 0 Å². The van der Waals surface area contributed by atoms with Gasteiger partial charge in [-0.1, -0.05) is 0 Å². The van der Waals surface area contributed by atoms with Gasteiger partial charge in [0.25, 0.3) is 0 Å². The van der Waals surface area contributed by atoms with E-state index in [-0.39, 0.29) is 13.0 Å². The Bertz CT molecular complexity index is 368. The van der Waals surface area contributed by atoms with Crippen molar-refractivity contribution in [1.29, 1.82) is 0 Å². The third-order valence-electron chi connectivity index (χ3n) is 1.65. The summed E-state index contributed by atoms with van der Waals surface area (Å²) in [5.74, 6) is -1.26. The van der Waals surface area contributed by atoms with Gasteiger partial charge in [0.1, 0.15) is 0 Å². The Morgan fingerprint density at radius 2 is 1.81 bits per heavy atom. The molecule has 0 saturated carbocycles. The summed E-state index contributed by atoms with van der Waals surface area (Å²) in [6.07, 6.45) is -0.749. The van der Waals surface area contributed by atoms with E-state index >= 15 is 0 Å². The lowest BCUT2D eigenvalue weighted by molar-refractivity contribution is -0.141. The van der Waals surface area contributed by atoms with Crippen molar-refractivity contribution in [1.82, 2.24) is 0 Å². The van der Waals surface area contributed by atoms with Gasteiger partial charge in [0.15, 0.2) is 0 Å². The molecule has 8 nitrogen and oxygen atoms in total. The number of hydrogen-bond acceptors (Lipinski definition) is 7. The number of hydrogen-bond donors (Lipinski definition) is 1. The first-order chi connectivity index (χ1) is 7.25. The van der Waals surface area contributed by atoms with Crippen molar-refractivity contribution in [2.75, 3.05) is 6.61 Å². The van der Waals surface area contributed by atoms with Crippen LogP contribution < -0.4 is 0 Å². The highest BCUT2D eigenvalue weighted by Gasteiger charge is 2.31. The molecule has 0 rings (SSSR count). The first-order valence-corrected chi connectivity index (χ1v) is 6.27. The molecule has 0 radical (unpaired) electrons. The molecule has 0 saturated heterocycles. The smallest absolute Gasteiger partial charge is 0.468 e. The molecule has 0 bridgehead atoms. The van der Waals surface area contributed by atoms with Crippen LogP contribution in [-0.4, -0.2) is 23.3 Å². The molecule has 0 aliphatic carbocycles. The average molecular weight is 272 g/mol. The van der Waals surface area contributed by atoms with Crippen molar-refractivity contribution in [3.05, 3.63) is 0 Å². The largest absolute Gasteiger partial charge is 0.481 e. The van der Waals surface area contributed by atoms with Gasteiger partial charge in [-0.3, -0.25) is 13.8 Å². The van der Waals surface area contributed by atoms with E-state index in [1.54, 1.807) is 0 Å².